The van der Waals surface area contributed by atoms with Crippen LogP contribution in [0, 0.1) is 0 Å². The summed E-state index contributed by atoms with van der Waals surface area (Å²) in [6.45, 7) is 8.27. The van der Waals surface area contributed by atoms with Gasteiger partial charge in [-0.05, 0) is 46.9 Å². The highest BCUT2D eigenvalue weighted by Gasteiger charge is 2.39. The zero-order chi connectivity index (χ0) is 13.8. The Kier molecular flexibility index (Phi) is 2.80. The van der Waals surface area contributed by atoms with Crippen LogP contribution in [-0.4, -0.2) is 0 Å². The first-order chi connectivity index (χ1) is 8.04. The van der Waals surface area contributed by atoms with Crippen LogP contribution in [0.25, 0.3) is 0 Å². The molecule has 0 unspecified atom stereocenters. The lowest BCUT2D eigenvalue weighted by molar-refractivity contribution is -0.137. The molecular weight excluding hydrogens is 237 g/mol. The summed E-state index contributed by atoms with van der Waals surface area (Å²) < 4.78 is 38.4. The zero-order valence-corrected chi connectivity index (χ0v) is 11.3. The van der Waals surface area contributed by atoms with E-state index >= 15 is 0 Å². The Balaban J connectivity index is 2.63. The van der Waals surface area contributed by atoms with Crippen molar-refractivity contribution in [2.24, 2.45) is 0 Å². The quantitative estimate of drug-likeness (QED) is 0.609. The van der Waals surface area contributed by atoms with Crippen LogP contribution in [0.4, 0.5) is 13.2 Å². The van der Waals surface area contributed by atoms with E-state index in [1.165, 1.54) is 12.1 Å². The molecule has 18 heavy (non-hydrogen) atoms. The van der Waals surface area contributed by atoms with E-state index in [0.717, 1.165) is 24.0 Å². The highest BCUT2D eigenvalue weighted by Crippen LogP contribution is 2.47. The van der Waals surface area contributed by atoms with E-state index in [9.17, 15) is 13.2 Å². The Bertz CT molecular complexity index is 467. The second-order valence-electron chi connectivity index (χ2n) is 6.53. The predicted octanol–water partition coefficient (Wildman–Crippen LogP) is 5.05. The molecule has 0 bridgehead atoms. The van der Waals surface area contributed by atoms with Gasteiger partial charge in [0.2, 0.25) is 0 Å². The number of hydrogen-bond acceptors (Lipinski definition) is 0. The topological polar surface area (TPSA) is 0 Å². The van der Waals surface area contributed by atoms with Gasteiger partial charge in [-0.25, -0.2) is 0 Å². The number of halogens is 3. The van der Waals surface area contributed by atoms with Crippen molar-refractivity contribution in [3.8, 4) is 0 Å². The van der Waals surface area contributed by atoms with Gasteiger partial charge in [-0.1, -0.05) is 33.8 Å². The molecule has 0 heterocycles. The molecule has 2 rings (SSSR count). The van der Waals surface area contributed by atoms with Gasteiger partial charge in [0.25, 0.3) is 0 Å². The Morgan fingerprint density at radius 1 is 0.889 bits per heavy atom. The molecule has 0 N–H and O–H groups in total. The number of fused-ring (bicyclic) bond motifs is 1. The van der Waals surface area contributed by atoms with Gasteiger partial charge in [-0.3, -0.25) is 0 Å². The molecule has 0 nitrogen and oxygen atoms in total. The average molecular weight is 256 g/mol. The van der Waals surface area contributed by atoms with Crippen LogP contribution in [0.15, 0.2) is 18.2 Å². The summed E-state index contributed by atoms with van der Waals surface area (Å²) >= 11 is 0. The number of benzene rings is 1. The summed E-state index contributed by atoms with van der Waals surface area (Å²) in [5.74, 6) is 0. The van der Waals surface area contributed by atoms with Crippen LogP contribution in [-0.2, 0) is 17.0 Å². The van der Waals surface area contributed by atoms with E-state index in [1.54, 1.807) is 6.07 Å². The van der Waals surface area contributed by atoms with Crippen LogP contribution >= 0.6 is 0 Å². The molecule has 0 spiro atoms. The van der Waals surface area contributed by atoms with E-state index < -0.39 is 11.7 Å². The van der Waals surface area contributed by atoms with Gasteiger partial charge in [0.1, 0.15) is 0 Å². The molecule has 0 aliphatic heterocycles. The molecule has 0 aromatic heterocycles. The Morgan fingerprint density at radius 3 is 1.89 bits per heavy atom. The minimum atomic E-state index is -4.26. The standard InChI is InChI=1S/C15H19F3/c1-13(2)7-8-14(3,4)12-9-10(15(16,17)18)5-6-11(12)13/h5-6,9H,7-8H2,1-4H3. The molecule has 100 valence electrons. The first-order valence-electron chi connectivity index (χ1n) is 6.26. The fourth-order valence-electron chi connectivity index (χ4n) is 2.77. The van der Waals surface area contributed by atoms with Crippen LogP contribution in [0.1, 0.15) is 57.2 Å². The maximum atomic E-state index is 12.8. The average Bonchev–Trinajstić information content (AvgIpc) is 2.23. The molecule has 3 heteroatoms. The maximum Gasteiger partial charge on any atom is 0.416 e. The SMILES string of the molecule is CC1(C)CCC(C)(C)c2cc(C(F)(F)F)ccc21. The highest BCUT2D eigenvalue weighted by atomic mass is 19.4. The molecule has 0 saturated carbocycles. The lowest BCUT2D eigenvalue weighted by Gasteiger charge is -2.42. The summed E-state index contributed by atoms with van der Waals surface area (Å²) in [6, 6.07) is 4.22. The third-order valence-corrected chi connectivity index (χ3v) is 4.18. The molecule has 1 aromatic carbocycles. The Hall–Kier alpha value is -0.990. The molecule has 1 aromatic rings. The number of hydrogen-bond donors (Lipinski definition) is 0. The van der Waals surface area contributed by atoms with Crippen molar-refractivity contribution in [1.82, 2.24) is 0 Å². The van der Waals surface area contributed by atoms with E-state index in [-0.39, 0.29) is 10.8 Å². The van der Waals surface area contributed by atoms with Crippen molar-refractivity contribution in [3.05, 3.63) is 34.9 Å². The third-order valence-electron chi connectivity index (χ3n) is 4.18. The molecule has 0 radical (unpaired) electrons. The summed E-state index contributed by atoms with van der Waals surface area (Å²) in [5, 5.41) is 0. The number of rotatable bonds is 0. The highest BCUT2D eigenvalue weighted by molar-refractivity contribution is 5.44. The fraction of sp³-hybridized carbons (Fsp3) is 0.600. The summed E-state index contributed by atoms with van der Waals surface area (Å²) in [4.78, 5) is 0. The van der Waals surface area contributed by atoms with Gasteiger partial charge in [0.05, 0.1) is 5.56 Å². The lowest BCUT2D eigenvalue weighted by atomic mass is 9.63. The summed E-state index contributed by atoms with van der Waals surface area (Å²) in [6.07, 6.45) is -2.32. The molecular formula is C15H19F3. The number of alkyl halides is 3. The molecule has 0 amide bonds. The first-order valence-corrected chi connectivity index (χ1v) is 6.26. The molecule has 1 aliphatic rings. The van der Waals surface area contributed by atoms with Gasteiger partial charge in [-0.2, -0.15) is 13.2 Å². The van der Waals surface area contributed by atoms with Crippen molar-refractivity contribution in [2.45, 2.75) is 57.5 Å². The lowest BCUT2D eigenvalue weighted by Crippen LogP contribution is -2.34. The zero-order valence-electron chi connectivity index (χ0n) is 11.3. The van der Waals surface area contributed by atoms with Crippen molar-refractivity contribution in [1.29, 1.82) is 0 Å². The molecule has 1 aliphatic carbocycles. The van der Waals surface area contributed by atoms with E-state index in [4.69, 9.17) is 0 Å². The maximum absolute atomic E-state index is 12.8. The minimum absolute atomic E-state index is 0.0328. The van der Waals surface area contributed by atoms with Gasteiger partial charge < -0.3 is 0 Å². The van der Waals surface area contributed by atoms with Crippen molar-refractivity contribution in [3.63, 3.8) is 0 Å². The summed E-state index contributed by atoms with van der Waals surface area (Å²) in [5.41, 5.74) is 1.17. The molecule has 0 atom stereocenters. The van der Waals surface area contributed by atoms with Crippen molar-refractivity contribution >= 4 is 0 Å². The van der Waals surface area contributed by atoms with Crippen LogP contribution in [0.3, 0.4) is 0 Å². The van der Waals surface area contributed by atoms with Gasteiger partial charge in [-0.15, -0.1) is 0 Å². The second kappa shape index (κ2) is 3.75. The largest absolute Gasteiger partial charge is 0.416 e. The van der Waals surface area contributed by atoms with Gasteiger partial charge >= 0.3 is 6.18 Å². The normalized spacial score (nSPS) is 21.5. The molecule has 0 saturated heterocycles. The van der Waals surface area contributed by atoms with Crippen LogP contribution in [0.5, 0.6) is 0 Å². The summed E-state index contributed by atoms with van der Waals surface area (Å²) in [7, 11) is 0. The van der Waals surface area contributed by atoms with Crippen LogP contribution in [0.2, 0.25) is 0 Å². The van der Waals surface area contributed by atoms with Crippen molar-refractivity contribution < 1.29 is 13.2 Å². The first kappa shape index (κ1) is 13.4. The minimum Gasteiger partial charge on any atom is -0.166 e. The van der Waals surface area contributed by atoms with E-state index in [1.807, 2.05) is 13.8 Å². The smallest absolute Gasteiger partial charge is 0.166 e. The monoisotopic (exact) mass is 256 g/mol. The van der Waals surface area contributed by atoms with Crippen molar-refractivity contribution in [2.75, 3.05) is 0 Å². The Morgan fingerprint density at radius 2 is 1.39 bits per heavy atom. The second-order valence-corrected chi connectivity index (χ2v) is 6.53. The van der Waals surface area contributed by atoms with Crippen LogP contribution < -0.4 is 0 Å². The van der Waals surface area contributed by atoms with E-state index in [0.29, 0.717) is 0 Å². The fourth-order valence-corrected chi connectivity index (χ4v) is 2.77. The predicted molar refractivity (Wildman–Crippen MR) is 66.7 cm³/mol. The van der Waals surface area contributed by atoms with Gasteiger partial charge in [0.15, 0.2) is 0 Å². The Labute approximate surface area is 106 Å². The third kappa shape index (κ3) is 2.15. The van der Waals surface area contributed by atoms with Gasteiger partial charge in [0, 0.05) is 0 Å². The molecule has 0 fully saturated rings. The van der Waals surface area contributed by atoms with E-state index in [2.05, 4.69) is 13.8 Å².